The highest BCUT2D eigenvalue weighted by Crippen LogP contribution is 2.20. The zero-order valence-electron chi connectivity index (χ0n) is 10.9. The topological polar surface area (TPSA) is 26.3 Å². The Morgan fingerprint density at radius 3 is 2.11 bits per heavy atom. The van der Waals surface area contributed by atoms with Crippen molar-refractivity contribution in [3.63, 3.8) is 0 Å². The van der Waals surface area contributed by atoms with E-state index in [0.29, 0.717) is 5.76 Å². The highest BCUT2D eigenvalue weighted by atomic mass is 16.5. The molecule has 2 aromatic rings. The van der Waals surface area contributed by atoms with E-state index in [1.54, 1.807) is 0 Å². The molecule has 1 atom stereocenters. The van der Waals surface area contributed by atoms with Gasteiger partial charge in [-0.3, -0.25) is 4.79 Å². The first kappa shape index (κ1) is 13.1. The molecule has 1 unspecified atom stereocenters. The van der Waals surface area contributed by atoms with Gasteiger partial charge in [0.25, 0.3) is 0 Å². The molecule has 0 saturated heterocycles. The van der Waals surface area contributed by atoms with Crippen molar-refractivity contribution in [2.24, 2.45) is 0 Å². The van der Waals surface area contributed by atoms with Crippen LogP contribution in [0.25, 0.3) is 5.76 Å². The van der Waals surface area contributed by atoms with E-state index in [0.717, 1.165) is 11.1 Å². The Bertz CT molecular complexity index is 558. The summed E-state index contributed by atoms with van der Waals surface area (Å²) in [6.07, 6.45) is 0. The predicted molar refractivity (Wildman–Crippen MR) is 76.4 cm³/mol. The van der Waals surface area contributed by atoms with Crippen LogP contribution in [0.1, 0.15) is 24.0 Å². The van der Waals surface area contributed by atoms with Crippen molar-refractivity contribution in [2.45, 2.75) is 12.8 Å². The molecule has 0 radical (unpaired) electrons. The SMILES string of the molecule is C=C(OC(=O)C(C)c1ccccc1)c1ccccc1. The summed E-state index contributed by atoms with van der Waals surface area (Å²) in [5.74, 6) is -0.213. The first-order chi connectivity index (χ1) is 9.18. The molecule has 19 heavy (non-hydrogen) atoms. The Hall–Kier alpha value is -2.35. The van der Waals surface area contributed by atoms with E-state index in [2.05, 4.69) is 6.58 Å². The van der Waals surface area contributed by atoms with Gasteiger partial charge in [-0.1, -0.05) is 67.2 Å². The third-order valence-electron chi connectivity index (χ3n) is 2.97. The van der Waals surface area contributed by atoms with Crippen LogP contribution >= 0.6 is 0 Å². The molecule has 0 aliphatic heterocycles. The van der Waals surface area contributed by atoms with E-state index in [-0.39, 0.29) is 11.9 Å². The molecule has 0 heterocycles. The van der Waals surface area contributed by atoms with Crippen LogP contribution in [0.15, 0.2) is 67.2 Å². The second kappa shape index (κ2) is 6.01. The molecule has 0 aromatic heterocycles. The lowest BCUT2D eigenvalue weighted by atomic mass is 10.0. The largest absolute Gasteiger partial charge is 0.426 e. The summed E-state index contributed by atoms with van der Waals surface area (Å²) >= 11 is 0. The Kier molecular flexibility index (Phi) is 4.14. The van der Waals surface area contributed by atoms with Crippen LogP contribution < -0.4 is 0 Å². The van der Waals surface area contributed by atoms with Crippen LogP contribution in [0.3, 0.4) is 0 Å². The Morgan fingerprint density at radius 2 is 1.53 bits per heavy atom. The molecule has 0 bridgehead atoms. The van der Waals surface area contributed by atoms with Gasteiger partial charge >= 0.3 is 5.97 Å². The third kappa shape index (κ3) is 3.32. The molecule has 0 saturated carbocycles. The van der Waals surface area contributed by atoms with Crippen molar-refractivity contribution >= 4 is 11.7 Å². The molecule has 2 heteroatoms. The lowest BCUT2D eigenvalue weighted by Gasteiger charge is -2.13. The van der Waals surface area contributed by atoms with Gasteiger partial charge in [-0.05, 0) is 12.5 Å². The number of carbonyl (C=O) groups is 1. The fourth-order valence-electron chi connectivity index (χ4n) is 1.77. The molecule has 2 rings (SSSR count). The highest BCUT2D eigenvalue weighted by molar-refractivity contribution is 5.83. The number of benzene rings is 2. The Labute approximate surface area is 113 Å². The molecule has 0 aliphatic rings. The van der Waals surface area contributed by atoms with Gasteiger partial charge in [0.05, 0.1) is 5.92 Å². The minimum atomic E-state index is -0.304. The van der Waals surface area contributed by atoms with Crippen LogP contribution in [0.2, 0.25) is 0 Å². The summed E-state index contributed by atoms with van der Waals surface area (Å²) in [4.78, 5) is 12.0. The second-order valence-electron chi connectivity index (χ2n) is 4.34. The van der Waals surface area contributed by atoms with Crippen molar-refractivity contribution in [3.05, 3.63) is 78.4 Å². The maximum absolute atomic E-state index is 12.0. The normalized spacial score (nSPS) is 11.6. The second-order valence-corrected chi connectivity index (χ2v) is 4.34. The van der Waals surface area contributed by atoms with Crippen molar-refractivity contribution in [3.8, 4) is 0 Å². The number of carbonyl (C=O) groups excluding carboxylic acids is 1. The molecular formula is C17H16O2. The fraction of sp³-hybridized carbons (Fsp3) is 0.118. The van der Waals surface area contributed by atoms with Gasteiger partial charge < -0.3 is 4.74 Å². The summed E-state index contributed by atoms with van der Waals surface area (Å²) in [5, 5.41) is 0. The van der Waals surface area contributed by atoms with Gasteiger partial charge in [0.15, 0.2) is 0 Å². The van der Waals surface area contributed by atoms with Crippen LogP contribution in [0.4, 0.5) is 0 Å². The molecule has 0 N–H and O–H groups in total. The average Bonchev–Trinajstić information content (AvgIpc) is 2.48. The third-order valence-corrected chi connectivity index (χ3v) is 2.97. The van der Waals surface area contributed by atoms with E-state index in [4.69, 9.17) is 4.74 Å². The van der Waals surface area contributed by atoms with E-state index in [1.165, 1.54) is 0 Å². The van der Waals surface area contributed by atoms with Crippen LogP contribution in [0, 0.1) is 0 Å². The molecule has 2 nitrogen and oxygen atoms in total. The molecule has 0 aliphatic carbocycles. The maximum atomic E-state index is 12.0. The molecular weight excluding hydrogens is 236 g/mol. The van der Waals surface area contributed by atoms with Crippen LogP contribution in [-0.2, 0) is 9.53 Å². The lowest BCUT2D eigenvalue weighted by Crippen LogP contribution is -2.12. The molecule has 96 valence electrons. The predicted octanol–water partition coefficient (Wildman–Crippen LogP) is 4.00. The summed E-state index contributed by atoms with van der Waals surface area (Å²) in [7, 11) is 0. The smallest absolute Gasteiger partial charge is 0.318 e. The van der Waals surface area contributed by atoms with Gasteiger partial charge in [0.1, 0.15) is 5.76 Å². The fourth-order valence-corrected chi connectivity index (χ4v) is 1.77. The molecule has 0 spiro atoms. The minimum absolute atomic E-state index is 0.292. The quantitative estimate of drug-likeness (QED) is 0.607. The van der Waals surface area contributed by atoms with Crippen molar-refractivity contribution in [1.82, 2.24) is 0 Å². The minimum Gasteiger partial charge on any atom is -0.426 e. The zero-order chi connectivity index (χ0) is 13.7. The number of hydrogen-bond donors (Lipinski definition) is 0. The van der Waals surface area contributed by atoms with Gasteiger partial charge in [-0.2, -0.15) is 0 Å². The summed E-state index contributed by atoms with van der Waals surface area (Å²) in [6, 6.07) is 19.0. The summed E-state index contributed by atoms with van der Waals surface area (Å²) in [6.45, 7) is 5.63. The first-order valence-corrected chi connectivity index (χ1v) is 6.19. The number of esters is 1. The number of ether oxygens (including phenoxy) is 1. The number of hydrogen-bond acceptors (Lipinski definition) is 2. The summed E-state index contributed by atoms with van der Waals surface area (Å²) < 4.78 is 5.32. The zero-order valence-corrected chi connectivity index (χ0v) is 10.9. The van der Waals surface area contributed by atoms with E-state index in [1.807, 2.05) is 67.6 Å². The van der Waals surface area contributed by atoms with E-state index in [9.17, 15) is 4.79 Å². The van der Waals surface area contributed by atoms with Crippen molar-refractivity contribution in [2.75, 3.05) is 0 Å². The maximum Gasteiger partial charge on any atom is 0.318 e. The lowest BCUT2D eigenvalue weighted by molar-refractivity contribution is -0.137. The highest BCUT2D eigenvalue weighted by Gasteiger charge is 2.18. The number of rotatable bonds is 4. The average molecular weight is 252 g/mol. The Morgan fingerprint density at radius 1 is 1.00 bits per heavy atom. The van der Waals surface area contributed by atoms with E-state index >= 15 is 0 Å². The summed E-state index contributed by atoms with van der Waals surface area (Å²) in [5.41, 5.74) is 1.75. The van der Waals surface area contributed by atoms with Gasteiger partial charge in [0, 0.05) is 5.56 Å². The van der Waals surface area contributed by atoms with Gasteiger partial charge in [-0.25, -0.2) is 0 Å². The monoisotopic (exact) mass is 252 g/mol. The van der Waals surface area contributed by atoms with Crippen molar-refractivity contribution in [1.29, 1.82) is 0 Å². The van der Waals surface area contributed by atoms with Crippen LogP contribution in [0.5, 0.6) is 0 Å². The van der Waals surface area contributed by atoms with Gasteiger partial charge in [0.2, 0.25) is 0 Å². The molecule has 0 amide bonds. The van der Waals surface area contributed by atoms with Crippen LogP contribution in [-0.4, -0.2) is 5.97 Å². The Balaban J connectivity index is 2.04. The molecule has 2 aromatic carbocycles. The standard InChI is InChI=1S/C17H16O2/c1-13(15-9-5-3-6-10-15)17(18)19-14(2)16-11-7-4-8-12-16/h3-13H,2H2,1H3. The van der Waals surface area contributed by atoms with Gasteiger partial charge in [-0.15, -0.1) is 0 Å². The molecule has 0 fully saturated rings. The van der Waals surface area contributed by atoms with Crippen molar-refractivity contribution < 1.29 is 9.53 Å². The van der Waals surface area contributed by atoms with E-state index < -0.39 is 0 Å². The first-order valence-electron chi connectivity index (χ1n) is 6.19.